The maximum Gasteiger partial charge on any atom is 0.311 e. The van der Waals surface area contributed by atoms with E-state index in [1.165, 1.54) is 6.33 Å². The van der Waals surface area contributed by atoms with E-state index >= 15 is 0 Å². The van der Waals surface area contributed by atoms with Crippen LogP contribution >= 0.6 is 12.4 Å². The van der Waals surface area contributed by atoms with E-state index in [9.17, 15) is 4.79 Å². The molecule has 0 bridgehead atoms. The van der Waals surface area contributed by atoms with Gasteiger partial charge >= 0.3 is 5.97 Å². The van der Waals surface area contributed by atoms with Crippen LogP contribution in [0.3, 0.4) is 0 Å². The zero-order valence-electron chi connectivity index (χ0n) is 8.98. The van der Waals surface area contributed by atoms with E-state index in [0.29, 0.717) is 12.4 Å². The van der Waals surface area contributed by atoms with E-state index in [1.807, 2.05) is 30.3 Å². The topological polar surface area (TPSA) is 68.0 Å². The molecule has 0 atom stereocenters. The van der Waals surface area contributed by atoms with E-state index in [2.05, 4.69) is 10.1 Å². The molecular formula is C11H12ClN3O2. The largest absolute Gasteiger partial charge is 0.481 e. The molecule has 90 valence electrons. The summed E-state index contributed by atoms with van der Waals surface area (Å²) in [7, 11) is 0. The van der Waals surface area contributed by atoms with Crippen molar-refractivity contribution in [1.82, 2.24) is 14.8 Å². The molecule has 17 heavy (non-hydrogen) atoms. The summed E-state index contributed by atoms with van der Waals surface area (Å²) >= 11 is 0. The lowest BCUT2D eigenvalue weighted by molar-refractivity contribution is -0.136. The number of nitrogens with zero attached hydrogens (tertiary/aromatic N) is 3. The Morgan fingerprint density at radius 1 is 1.29 bits per heavy atom. The first-order valence-electron chi connectivity index (χ1n) is 4.88. The summed E-state index contributed by atoms with van der Waals surface area (Å²) < 4.78 is 1.60. The second kappa shape index (κ2) is 6.00. The van der Waals surface area contributed by atoms with Crippen molar-refractivity contribution < 1.29 is 9.90 Å². The number of halogens is 1. The highest BCUT2D eigenvalue weighted by molar-refractivity contribution is 5.85. The van der Waals surface area contributed by atoms with Crippen LogP contribution in [0.4, 0.5) is 0 Å². The van der Waals surface area contributed by atoms with Gasteiger partial charge in [-0.05, 0) is 5.56 Å². The SMILES string of the molecule is Cl.O=C(O)Cc1ncnn1Cc1ccccc1. The Labute approximate surface area is 105 Å². The van der Waals surface area contributed by atoms with Crippen LogP contribution in [0.2, 0.25) is 0 Å². The Bertz CT molecular complexity index is 484. The molecule has 2 aromatic rings. The molecule has 2 rings (SSSR count). The molecule has 0 aliphatic heterocycles. The van der Waals surface area contributed by atoms with Gasteiger partial charge in [0.25, 0.3) is 0 Å². The number of aromatic nitrogens is 3. The van der Waals surface area contributed by atoms with Crippen LogP contribution in [0.15, 0.2) is 36.7 Å². The van der Waals surface area contributed by atoms with Crippen LogP contribution in [0.25, 0.3) is 0 Å². The molecule has 0 fully saturated rings. The van der Waals surface area contributed by atoms with Gasteiger partial charge in [-0.1, -0.05) is 30.3 Å². The monoisotopic (exact) mass is 253 g/mol. The number of carboxylic acids is 1. The average Bonchev–Trinajstić information content (AvgIpc) is 2.66. The fourth-order valence-corrected chi connectivity index (χ4v) is 1.45. The van der Waals surface area contributed by atoms with Crippen LogP contribution in [-0.2, 0) is 17.8 Å². The molecule has 0 aliphatic rings. The van der Waals surface area contributed by atoms with Crippen molar-refractivity contribution in [3.8, 4) is 0 Å². The Morgan fingerprint density at radius 3 is 2.65 bits per heavy atom. The first-order valence-corrected chi connectivity index (χ1v) is 4.88. The van der Waals surface area contributed by atoms with Gasteiger partial charge in [0.05, 0.1) is 6.54 Å². The summed E-state index contributed by atoms with van der Waals surface area (Å²) in [5.41, 5.74) is 1.07. The number of carboxylic acid groups (broad SMARTS) is 1. The lowest BCUT2D eigenvalue weighted by Crippen LogP contribution is -2.11. The molecule has 0 saturated heterocycles. The summed E-state index contributed by atoms with van der Waals surface area (Å²) in [5.74, 6) is -0.432. The van der Waals surface area contributed by atoms with Gasteiger partial charge in [-0.15, -0.1) is 12.4 Å². The summed E-state index contributed by atoms with van der Waals surface area (Å²) in [6, 6.07) is 9.73. The van der Waals surface area contributed by atoms with Crippen molar-refractivity contribution in [2.24, 2.45) is 0 Å². The molecule has 1 aromatic heterocycles. The third kappa shape index (κ3) is 3.57. The van der Waals surface area contributed by atoms with E-state index in [-0.39, 0.29) is 18.8 Å². The Kier molecular flexibility index (Phi) is 4.66. The molecule has 1 heterocycles. The second-order valence-corrected chi connectivity index (χ2v) is 3.39. The fourth-order valence-electron chi connectivity index (χ4n) is 1.45. The number of carbonyl (C=O) groups is 1. The number of hydrogen-bond donors (Lipinski definition) is 1. The minimum absolute atomic E-state index is 0. The summed E-state index contributed by atoms with van der Waals surface area (Å²) in [6.07, 6.45) is 1.27. The van der Waals surface area contributed by atoms with Gasteiger partial charge in [0, 0.05) is 0 Å². The molecule has 0 amide bonds. The van der Waals surface area contributed by atoms with Crippen LogP contribution < -0.4 is 0 Å². The smallest absolute Gasteiger partial charge is 0.311 e. The molecule has 0 radical (unpaired) electrons. The molecule has 0 saturated carbocycles. The molecule has 0 aliphatic carbocycles. The Hall–Kier alpha value is -1.88. The Morgan fingerprint density at radius 2 is 2.00 bits per heavy atom. The van der Waals surface area contributed by atoms with Gasteiger partial charge in [-0.3, -0.25) is 4.79 Å². The third-order valence-corrected chi connectivity index (χ3v) is 2.18. The molecule has 1 N–H and O–H groups in total. The normalized spacial score (nSPS) is 9.65. The number of benzene rings is 1. The number of rotatable bonds is 4. The fraction of sp³-hybridized carbons (Fsp3) is 0.182. The molecule has 6 heteroatoms. The van der Waals surface area contributed by atoms with Crippen molar-refractivity contribution in [2.45, 2.75) is 13.0 Å². The van der Waals surface area contributed by atoms with Crippen LogP contribution in [0, 0.1) is 0 Å². The third-order valence-electron chi connectivity index (χ3n) is 2.18. The molecule has 0 spiro atoms. The summed E-state index contributed by atoms with van der Waals surface area (Å²) in [4.78, 5) is 14.5. The minimum atomic E-state index is -0.901. The van der Waals surface area contributed by atoms with Gasteiger partial charge < -0.3 is 5.11 Å². The Balaban J connectivity index is 0.00000144. The van der Waals surface area contributed by atoms with Gasteiger partial charge in [0.1, 0.15) is 18.6 Å². The zero-order valence-corrected chi connectivity index (χ0v) is 9.80. The molecule has 1 aromatic carbocycles. The van der Waals surface area contributed by atoms with Crippen LogP contribution in [0.5, 0.6) is 0 Å². The van der Waals surface area contributed by atoms with Gasteiger partial charge in [-0.25, -0.2) is 9.67 Å². The van der Waals surface area contributed by atoms with E-state index in [4.69, 9.17) is 5.11 Å². The lowest BCUT2D eigenvalue weighted by atomic mass is 10.2. The predicted octanol–water partition coefficient (Wildman–Crippen LogP) is 1.38. The van der Waals surface area contributed by atoms with E-state index < -0.39 is 5.97 Å². The van der Waals surface area contributed by atoms with Crippen molar-refractivity contribution in [1.29, 1.82) is 0 Å². The lowest BCUT2D eigenvalue weighted by Gasteiger charge is -2.04. The average molecular weight is 254 g/mol. The maximum atomic E-state index is 10.6. The highest BCUT2D eigenvalue weighted by Crippen LogP contribution is 2.03. The molecule has 5 nitrogen and oxygen atoms in total. The highest BCUT2D eigenvalue weighted by Gasteiger charge is 2.08. The number of aliphatic carboxylic acids is 1. The molecular weight excluding hydrogens is 242 g/mol. The van der Waals surface area contributed by atoms with Crippen LogP contribution in [-0.4, -0.2) is 25.8 Å². The van der Waals surface area contributed by atoms with Gasteiger partial charge in [-0.2, -0.15) is 5.10 Å². The predicted molar refractivity (Wildman–Crippen MR) is 64.2 cm³/mol. The van der Waals surface area contributed by atoms with Crippen molar-refractivity contribution in [3.63, 3.8) is 0 Å². The first-order chi connectivity index (χ1) is 7.75. The summed E-state index contributed by atoms with van der Waals surface area (Å²) in [5, 5.41) is 12.7. The second-order valence-electron chi connectivity index (χ2n) is 3.39. The van der Waals surface area contributed by atoms with Crippen molar-refractivity contribution in [3.05, 3.63) is 48.0 Å². The summed E-state index contributed by atoms with van der Waals surface area (Å²) in [6.45, 7) is 0.545. The van der Waals surface area contributed by atoms with Gasteiger partial charge in [0.2, 0.25) is 0 Å². The van der Waals surface area contributed by atoms with Crippen molar-refractivity contribution >= 4 is 18.4 Å². The van der Waals surface area contributed by atoms with Crippen molar-refractivity contribution in [2.75, 3.05) is 0 Å². The number of hydrogen-bond acceptors (Lipinski definition) is 3. The maximum absolute atomic E-state index is 10.6. The quantitative estimate of drug-likeness (QED) is 0.894. The standard InChI is InChI=1S/C11H11N3O2.ClH/c15-11(16)6-10-12-8-13-14(10)7-9-4-2-1-3-5-9;/h1-5,8H,6-7H2,(H,15,16);1H. The first kappa shape index (κ1) is 13.2. The van der Waals surface area contributed by atoms with E-state index in [1.54, 1.807) is 4.68 Å². The van der Waals surface area contributed by atoms with E-state index in [0.717, 1.165) is 5.56 Å². The molecule has 0 unspecified atom stereocenters. The minimum Gasteiger partial charge on any atom is -0.481 e. The zero-order chi connectivity index (χ0) is 11.4. The highest BCUT2D eigenvalue weighted by atomic mass is 35.5. The van der Waals surface area contributed by atoms with Gasteiger partial charge in [0.15, 0.2) is 0 Å². The van der Waals surface area contributed by atoms with Crippen LogP contribution in [0.1, 0.15) is 11.4 Å².